The van der Waals surface area contributed by atoms with Gasteiger partial charge in [0.1, 0.15) is 0 Å². The molecule has 0 radical (unpaired) electrons. The number of hydrogen-bond acceptors (Lipinski definition) is 1. The number of fused-ring (bicyclic) bond motifs is 4. The normalized spacial score (nSPS) is 37.5. The maximum absolute atomic E-state index is 10.6. The Kier molecular flexibility index (Phi) is 2.11. The van der Waals surface area contributed by atoms with E-state index in [-0.39, 0.29) is 0 Å². The zero-order chi connectivity index (χ0) is 10.4. The molecule has 0 aliphatic heterocycles. The molecule has 2 nitrogen and oxygen atoms in total. The lowest BCUT2D eigenvalue weighted by Crippen LogP contribution is -2.10. The van der Waals surface area contributed by atoms with Crippen LogP contribution in [-0.2, 0) is 4.79 Å². The van der Waals surface area contributed by atoms with Crippen molar-refractivity contribution in [2.24, 2.45) is 17.8 Å². The molecule has 0 aromatic carbocycles. The van der Waals surface area contributed by atoms with Crippen LogP contribution in [0.4, 0.5) is 0 Å². The van der Waals surface area contributed by atoms with E-state index >= 15 is 0 Å². The van der Waals surface area contributed by atoms with Crippen molar-refractivity contribution in [2.45, 2.75) is 44.9 Å². The molecule has 2 bridgehead atoms. The van der Waals surface area contributed by atoms with Gasteiger partial charge in [-0.1, -0.05) is 11.1 Å². The van der Waals surface area contributed by atoms with Gasteiger partial charge in [-0.2, -0.15) is 0 Å². The fourth-order valence-electron chi connectivity index (χ4n) is 4.12. The van der Waals surface area contributed by atoms with Gasteiger partial charge in [0, 0.05) is 6.42 Å². The van der Waals surface area contributed by atoms with Crippen LogP contribution in [0.1, 0.15) is 44.9 Å². The Bertz CT molecular complexity index is 329. The van der Waals surface area contributed by atoms with E-state index in [1.807, 2.05) is 0 Å². The van der Waals surface area contributed by atoms with Gasteiger partial charge in [-0.3, -0.25) is 4.79 Å². The van der Waals surface area contributed by atoms with Gasteiger partial charge in [0.05, 0.1) is 0 Å². The summed E-state index contributed by atoms with van der Waals surface area (Å²) in [7, 11) is 0. The lowest BCUT2D eigenvalue weighted by atomic mass is 9.85. The summed E-state index contributed by atoms with van der Waals surface area (Å²) in [5, 5.41) is 8.73. The molecule has 1 N–H and O–H groups in total. The highest BCUT2D eigenvalue weighted by molar-refractivity contribution is 5.66. The molecule has 0 heterocycles. The Labute approximate surface area is 90.4 Å². The Balaban J connectivity index is 1.74. The van der Waals surface area contributed by atoms with Crippen molar-refractivity contribution in [3.8, 4) is 0 Å². The largest absolute Gasteiger partial charge is 0.481 e. The van der Waals surface area contributed by atoms with E-state index in [0.29, 0.717) is 12.3 Å². The van der Waals surface area contributed by atoms with Gasteiger partial charge in [0.25, 0.3) is 0 Å². The number of carbonyl (C=O) groups is 1. The van der Waals surface area contributed by atoms with Gasteiger partial charge in [0.2, 0.25) is 0 Å². The van der Waals surface area contributed by atoms with Crippen molar-refractivity contribution < 1.29 is 9.90 Å². The third-order valence-electron chi connectivity index (χ3n) is 4.67. The molecule has 82 valence electrons. The molecule has 0 aromatic heterocycles. The van der Waals surface area contributed by atoms with E-state index in [1.165, 1.54) is 32.1 Å². The Morgan fingerprint density at radius 1 is 1.33 bits per heavy atom. The molecular formula is C13H18O2. The number of carboxylic acid groups (broad SMARTS) is 1. The highest BCUT2D eigenvalue weighted by Crippen LogP contribution is 2.57. The summed E-state index contributed by atoms with van der Waals surface area (Å²) >= 11 is 0. The van der Waals surface area contributed by atoms with Crippen molar-refractivity contribution in [1.82, 2.24) is 0 Å². The zero-order valence-electron chi connectivity index (χ0n) is 9.04. The predicted octanol–water partition coefficient (Wildman–Crippen LogP) is 2.99. The van der Waals surface area contributed by atoms with Crippen LogP contribution in [0, 0.1) is 17.8 Å². The summed E-state index contributed by atoms with van der Waals surface area (Å²) in [5.74, 6) is 1.82. The predicted molar refractivity (Wildman–Crippen MR) is 57.5 cm³/mol. The third-order valence-corrected chi connectivity index (χ3v) is 4.67. The SMILES string of the molecule is O=C(O)CCC1CCC2C1=C1CCC2C1. The molecule has 0 saturated heterocycles. The maximum atomic E-state index is 10.6. The monoisotopic (exact) mass is 206 g/mol. The minimum absolute atomic E-state index is 0.360. The minimum atomic E-state index is -0.632. The van der Waals surface area contributed by atoms with E-state index in [9.17, 15) is 4.79 Å². The molecule has 3 unspecified atom stereocenters. The number of aliphatic carboxylic acids is 1. The molecule has 3 aliphatic carbocycles. The summed E-state index contributed by atoms with van der Waals surface area (Å²) in [6.07, 6.45) is 7.93. The highest BCUT2D eigenvalue weighted by Gasteiger charge is 2.45. The van der Waals surface area contributed by atoms with E-state index < -0.39 is 5.97 Å². The van der Waals surface area contributed by atoms with Crippen LogP contribution in [0.2, 0.25) is 0 Å². The lowest BCUT2D eigenvalue weighted by molar-refractivity contribution is -0.137. The second-order valence-corrected chi connectivity index (χ2v) is 5.37. The number of hydrogen-bond donors (Lipinski definition) is 1. The zero-order valence-corrected chi connectivity index (χ0v) is 9.04. The van der Waals surface area contributed by atoms with Gasteiger partial charge in [-0.05, 0) is 56.3 Å². The summed E-state index contributed by atoms with van der Waals surface area (Å²) in [5.41, 5.74) is 3.44. The molecule has 0 amide bonds. The van der Waals surface area contributed by atoms with Crippen LogP contribution >= 0.6 is 0 Å². The number of allylic oxidation sites excluding steroid dienone is 2. The third kappa shape index (κ3) is 1.42. The quantitative estimate of drug-likeness (QED) is 0.721. The lowest BCUT2D eigenvalue weighted by Gasteiger charge is -2.20. The Hall–Kier alpha value is -0.790. The first kappa shape index (κ1) is 9.44. The molecule has 2 saturated carbocycles. The second kappa shape index (κ2) is 3.36. The van der Waals surface area contributed by atoms with Gasteiger partial charge in [-0.25, -0.2) is 0 Å². The molecule has 3 rings (SSSR count). The summed E-state index contributed by atoms with van der Waals surface area (Å²) in [4.78, 5) is 10.6. The van der Waals surface area contributed by atoms with Gasteiger partial charge in [0.15, 0.2) is 0 Å². The van der Waals surface area contributed by atoms with Crippen LogP contribution in [0.15, 0.2) is 11.1 Å². The van der Waals surface area contributed by atoms with E-state index in [0.717, 1.165) is 18.3 Å². The van der Waals surface area contributed by atoms with Crippen molar-refractivity contribution >= 4 is 5.97 Å². The number of carboxylic acids is 1. The summed E-state index contributed by atoms with van der Waals surface area (Å²) < 4.78 is 0. The topological polar surface area (TPSA) is 37.3 Å². The van der Waals surface area contributed by atoms with Crippen LogP contribution < -0.4 is 0 Å². The average molecular weight is 206 g/mol. The molecule has 0 aromatic rings. The molecule has 3 atom stereocenters. The highest BCUT2D eigenvalue weighted by atomic mass is 16.4. The van der Waals surface area contributed by atoms with Crippen molar-refractivity contribution in [3.63, 3.8) is 0 Å². The summed E-state index contributed by atoms with van der Waals surface area (Å²) in [6.45, 7) is 0. The van der Waals surface area contributed by atoms with Crippen molar-refractivity contribution in [3.05, 3.63) is 11.1 Å². The van der Waals surface area contributed by atoms with Crippen molar-refractivity contribution in [1.29, 1.82) is 0 Å². The smallest absolute Gasteiger partial charge is 0.303 e. The number of rotatable bonds is 3. The fraction of sp³-hybridized carbons (Fsp3) is 0.769. The van der Waals surface area contributed by atoms with E-state index in [2.05, 4.69) is 0 Å². The minimum Gasteiger partial charge on any atom is -0.481 e. The maximum Gasteiger partial charge on any atom is 0.303 e. The molecule has 3 aliphatic rings. The van der Waals surface area contributed by atoms with Gasteiger partial charge >= 0.3 is 5.97 Å². The average Bonchev–Trinajstić information content (AvgIpc) is 2.87. The van der Waals surface area contributed by atoms with Gasteiger partial charge in [-0.15, -0.1) is 0 Å². The van der Waals surface area contributed by atoms with Crippen LogP contribution in [0.3, 0.4) is 0 Å². The van der Waals surface area contributed by atoms with Crippen LogP contribution in [0.5, 0.6) is 0 Å². The van der Waals surface area contributed by atoms with E-state index in [1.54, 1.807) is 11.1 Å². The first-order valence-corrected chi connectivity index (χ1v) is 6.19. The first-order valence-electron chi connectivity index (χ1n) is 6.19. The molecular weight excluding hydrogens is 188 g/mol. The molecule has 15 heavy (non-hydrogen) atoms. The van der Waals surface area contributed by atoms with Gasteiger partial charge < -0.3 is 5.11 Å². The van der Waals surface area contributed by atoms with Crippen LogP contribution in [-0.4, -0.2) is 11.1 Å². The first-order chi connectivity index (χ1) is 7.25. The van der Waals surface area contributed by atoms with Crippen molar-refractivity contribution in [2.75, 3.05) is 0 Å². The molecule has 2 fully saturated rings. The van der Waals surface area contributed by atoms with Crippen LogP contribution in [0.25, 0.3) is 0 Å². The Morgan fingerprint density at radius 2 is 2.20 bits per heavy atom. The standard InChI is InChI=1S/C13H18O2/c14-12(15)6-4-8-3-5-11-9-1-2-10(7-9)13(8)11/h8-9,11H,1-7H2,(H,14,15). The summed E-state index contributed by atoms with van der Waals surface area (Å²) in [6, 6.07) is 0. The molecule has 0 spiro atoms. The Morgan fingerprint density at radius 3 is 3.00 bits per heavy atom. The fourth-order valence-corrected chi connectivity index (χ4v) is 4.12. The second-order valence-electron chi connectivity index (χ2n) is 5.37. The molecule has 2 heteroatoms. The van der Waals surface area contributed by atoms with E-state index in [4.69, 9.17) is 5.11 Å².